The fraction of sp³-hybridized carbons (Fsp3) is 0.0556. The summed E-state index contributed by atoms with van der Waals surface area (Å²) < 4.78 is 5.67. The number of nitro groups is 1. The number of aromatic nitrogens is 3. The topological polar surface area (TPSA) is 111 Å². The van der Waals surface area contributed by atoms with Crippen molar-refractivity contribution in [3.05, 3.63) is 74.8 Å². The van der Waals surface area contributed by atoms with Gasteiger partial charge >= 0.3 is 5.69 Å². The summed E-state index contributed by atoms with van der Waals surface area (Å²) in [4.78, 5) is 34.1. The van der Waals surface area contributed by atoms with Crippen LogP contribution < -0.4 is 10.3 Å². The zero-order valence-corrected chi connectivity index (χ0v) is 14.8. The van der Waals surface area contributed by atoms with Gasteiger partial charge < -0.3 is 9.72 Å². The Morgan fingerprint density at radius 1 is 1.19 bits per heavy atom. The molecule has 9 heteroatoms. The first kappa shape index (κ1) is 16.9. The molecule has 2 aromatic heterocycles. The molecule has 0 saturated heterocycles. The third-order valence-corrected chi connectivity index (χ3v) is 4.87. The highest BCUT2D eigenvalue weighted by Crippen LogP contribution is 2.36. The first-order valence-corrected chi connectivity index (χ1v) is 8.70. The molecular formula is C18H12N4O4S. The minimum absolute atomic E-state index is 0.129. The fourth-order valence-electron chi connectivity index (χ4n) is 2.50. The van der Waals surface area contributed by atoms with E-state index in [1.54, 1.807) is 18.2 Å². The molecule has 1 N–H and O–H groups in total. The van der Waals surface area contributed by atoms with E-state index in [1.807, 2.05) is 19.1 Å². The minimum Gasteiger partial charge on any atom is -0.450 e. The Morgan fingerprint density at radius 3 is 2.67 bits per heavy atom. The number of H-pyrrole nitrogens is 1. The summed E-state index contributed by atoms with van der Waals surface area (Å²) in [6.07, 6.45) is 1.30. The standard InChI is InChI=1S/C18H12N4O4S/c1-10-2-5-12(6-3-10)26-14-7-4-11(8-13(14)22(24)25)17-21-15-16(23)19-9-20-18(15)27-17/h2-9H,1H3,(H,19,20,23). The van der Waals surface area contributed by atoms with Gasteiger partial charge in [-0.2, -0.15) is 0 Å². The van der Waals surface area contributed by atoms with Gasteiger partial charge in [-0.25, -0.2) is 9.97 Å². The molecule has 4 rings (SSSR count). The molecule has 0 saturated carbocycles. The molecule has 0 bridgehead atoms. The number of ether oxygens (including phenoxy) is 1. The van der Waals surface area contributed by atoms with Crippen molar-refractivity contribution in [2.45, 2.75) is 6.92 Å². The zero-order valence-electron chi connectivity index (χ0n) is 14.0. The van der Waals surface area contributed by atoms with Crippen molar-refractivity contribution in [1.82, 2.24) is 15.0 Å². The van der Waals surface area contributed by atoms with E-state index >= 15 is 0 Å². The van der Waals surface area contributed by atoms with Crippen molar-refractivity contribution >= 4 is 27.4 Å². The molecule has 0 amide bonds. The van der Waals surface area contributed by atoms with Gasteiger partial charge in [-0.3, -0.25) is 14.9 Å². The van der Waals surface area contributed by atoms with Gasteiger partial charge in [0.2, 0.25) is 5.75 Å². The first-order valence-electron chi connectivity index (χ1n) is 7.89. The van der Waals surface area contributed by atoms with Crippen LogP contribution >= 0.6 is 11.3 Å². The Balaban J connectivity index is 1.75. The van der Waals surface area contributed by atoms with Crippen LogP contribution in [-0.2, 0) is 0 Å². The maximum atomic E-state index is 11.8. The average molecular weight is 380 g/mol. The molecule has 2 aromatic carbocycles. The Labute approximate surface area is 156 Å². The molecule has 134 valence electrons. The number of rotatable bonds is 4. The molecule has 4 aromatic rings. The minimum atomic E-state index is -0.509. The van der Waals surface area contributed by atoms with Crippen LogP contribution in [-0.4, -0.2) is 19.9 Å². The van der Waals surface area contributed by atoms with Gasteiger partial charge in [0.05, 0.1) is 11.3 Å². The third kappa shape index (κ3) is 3.27. The van der Waals surface area contributed by atoms with E-state index in [0.717, 1.165) is 5.56 Å². The second kappa shape index (κ2) is 6.61. The number of fused-ring (bicyclic) bond motifs is 1. The highest BCUT2D eigenvalue weighted by Gasteiger charge is 2.19. The highest BCUT2D eigenvalue weighted by atomic mass is 32.1. The summed E-state index contributed by atoms with van der Waals surface area (Å²) in [7, 11) is 0. The molecular weight excluding hydrogens is 368 g/mol. The predicted molar refractivity (Wildman–Crippen MR) is 101 cm³/mol. The van der Waals surface area contributed by atoms with Gasteiger partial charge in [0.25, 0.3) is 5.56 Å². The number of thiazole rings is 1. The largest absolute Gasteiger partial charge is 0.450 e. The number of nitrogens with zero attached hydrogens (tertiary/aromatic N) is 3. The Hall–Kier alpha value is -3.59. The highest BCUT2D eigenvalue weighted by molar-refractivity contribution is 7.21. The van der Waals surface area contributed by atoms with E-state index in [2.05, 4.69) is 15.0 Å². The lowest BCUT2D eigenvalue weighted by atomic mass is 10.2. The summed E-state index contributed by atoms with van der Waals surface area (Å²) in [5, 5.41) is 12.0. The van der Waals surface area contributed by atoms with Crippen molar-refractivity contribution in [2.24, 2.45) is 0 Å². The molecule has 27 heavy (non-hydrogen) atoms. The molecule has 0 fully saturated rings. The van der Waals surface area contributed by atoms with Crippen molar-refractivity contribution in [2.75, 3.05) is 0 Å². The van der Waals surface area contributed by atoms with Crippen LogP contribution in [0.1, 0.15) is 5.56 Å². The lowest BCUT2D eigenvalue weighted by Gasteiger charge is -2.07. The molecule has 0 aliphatic heterocycles. The lowest BCUT2D eigenvalue weighted by Crippen LogP contribution is -2.05. The van der Waals surface area contributed by atoms with Gasteiger partial charge in [-0.15, -0.1) is 0 Å². The number of aromatic amines is 1. The van der Waals surface area contributed by atoms with Crippen LogP contribution in [0.25, 0.3) is 20.9 Å². The van der Waals surface area contributed by atoms with Crippen molar-refractivity contribution in [3.8, 4) is 22.1 Å². The molecule has 0 aliphatic carbocycles. The summed E-state index contributed by atoms with van der Waals surface area (Å²) in [6.45, 7) is 1.94. The van der Waals surface area contributed by atoms with Crippen LogP contribution in [0.3, 0.4) is 0 Å². The van der Waals surface area contributed by atoms with Crippen LogP contribution in [0.4, 0.5) is 5.69 Å². The SMILES string of the molecule is Cc1ccc(Oc2ccc(-c3nc4c(=O)[nH]cnc4s3)cc2[N+](=O)[O-])cc1. The number of benzene rings is 2. The molecule has 0 spiro atoms. The molecule has 2 heterocycles. The molecule has 0 unspecified atom stereocenters. The summed E-state index contributed by atoms with van der Waals surface area (Å²) >= 11 is 1.19. The number of hydrogen-bond donors (Lipinski definition) is 1. The van der Waals surface area contributed by atoms with E-state index < -0.39 is 4.92 Å². The number of aryl methyl sites for hydroxylation is 1. The molecule has 0 aliphatic rings. The maximum absolute atomic E-state index is 11.8. The van der Waals surface area contributed by atoms with Crippen molar-refractivity contribution < 1.29 is 9.66 Å². The van der Waals surface area contributed by atoms with E-state index in [1.165, 1.54) is 29.8 Å². The average Bonchev–Trinajstić information content (AvgIpc) is 3.09. The van der Waals surface area contributed by atoms with E-state index in [4.69, 9.17) is 4.74 Å². The Kier molecular flexibility index (Phi) is 4.13. The number of nitro benzene ring substituents is 1. The van der Waals surface area contributed by atoms with E-state index in [9.17, 15) is 14.9 Å². The molecule has 0 atom stereocenters. The van der Waals surface area contributed by atoms with Crippen LogP contribution in [0.2, 0.25) is 0 Å². The van der Waals surface area contributed by atoms with E-state index in [0.29, 0.717) is 21.2 Å². The lowest BCUT2D eigenvalue weighted by molar-refractivity contribution is -0.385. The quantitative estimate of drug-likeness (QED) is 0.422. The van der Waals surface area contributed by atoms with Gasteiger partial charge in [-0.1, -0.05) is 29.0 Å². The van der Waals surface area contributed by atoms with Crippen molar-refractivity contribution in [1.29, 1.82) is 0 Å². The second-order valence-corrected chi connectivity index (χ2v) is 6.74. The summed E-state index contributed by atoms with van der Waals surface area (Å²) in [5.74, 6) is 0.636. The monoisotopic (exact) mass is 380 g/mol. The summed E-state index contributed by atoms with van der Waals surface area (Å²) in [5.41, 5.74) is 1.25. The normalized spacial score (nSPS) is 10.9. The number of nitrogens with one attached hydrogen (secondary N) is 1. The molecule has 8 nitrogen and oxygen atoms in total. The Bertz CT molecular complexity index is 1210. The Morgan fingerprint density at radius 2 is 1.96 bits per heavy atom. The fourth-order valence-corrected chi connectivity index (χ4v) is 3.41. The molecule has 0 radical (unpaired) electrons. The van der Waals surface area contributed by atoms with Crippen LogP contribution in [0.15, 0.2) is 53.6 Å². The van der Waals surface area contributed by atoms with E-state index in [-0.39, 0.29) is 22.5 Å². The van der Waals surface area contributed by atoms with Crippen LogP contribution in [0, 0.1) is 17.0 Å². The first-order chi connectivity index (χ1) is 13.0. The maximum Gasteiger partial charge on any atom is 0.312 e. The zero-order chi connectivity index (χ0) is 19.0. The predicted octanol–water partition coefficient (Wildman–Crippen LogP) is 4.06. The van der Waals surface area contributed by atoms with Gasteiger partial charge in [0, 0.05) is 11.6 Å². The smallest absolute Gasteiger partial charge is 0.312 e. The van der Waals surface area contributed by atoms with Crippen molar-refractivity contribution in [3.63, 3.8) is 0 Å². The van der Waals surface area contributed by atoms with Crippen LogP contribution in [0.5, 0.6) is 11.5 Å². The number of hydrogen-bond acceptors (Lipinski definition) is 7. The van der Waals surface area contributed by atoms with Gasteiger partial charge in [0.1, 0.15) is 10.8 Å². The second-order valence-electron chi connectivity index (χ2n) is 5.76. The van der Waals surface area contributed by atoms with Gasteiger partial charge in [0.15, 0.2) is 10.3 Å². The van der Waals surface area contributed by atoms with Gasteiger partial charge in [-0.05, 0) is 31.2 Å². The third-order valence-electron chi connectivity index (χ3n) is 3.85. The summed E-state index contributed by atoms with van der Waals surface area (Å²) in [6, 6.07) is 11.8.